The Morgan fingerprint density at radius 3 is 2.54 bits per heavy atom. The summed E-state index contributed by atoms with van der Waals surface area (Å²) in [6.45, 7) is 3.78. The Morgan fingerprint density at radius 1 is 1.17 bits per heavy atom. The lowest BCUT2D eigenvalue weighted by atomic mass is 10.0. The summed E-state index contributed by atoms with van der Waals surface area (Å²) in [7, 11) is 0.0734. The lowest BCUT2D eigenvalue weighted by Crippen LogP contribution is -2.39. The van der Waals surface area contributed by atoms with E-state index in [0.29, 0.717) is 30.3 Å². The Kier molecular flexibility index (Phi) is 7.51. The van der Waals surface area contributed by atoms with E-state index in [2.05, 4.69) is 4.98 Å². The van der Waals surface area contributed by atoms with Gasteiger partial charge in [-0.05, 0) is 63.2 Å². The van der Waals surface area contributed by atoms with Crippen LogP contribution in [0.4, 0.5) is 13.9 Å². The topological polar surface area (TPSA) is 73.8 Å². The molecule has 3 aromatic rings. The fourth-order valence-corrected chi connectivity index (χ4v) is 6.71. The Labute approximate surface area is 208 Å². The maximum absolute atomic E-state index is 14.2. The molecular weight excluding hydrogens is 494 g/mol. The zero-order valence-electron chi connectivity index (χ0n) is 19.9. The molecule has 2 heterocycles. The zero-order valence-corrected chi connectivity index (χ0v) is 21.5. The number of hydrogen-bond donors (Lipinski definition) is 0. The number of thiazole rings is 1. The predicted molar refractivity (Wildman–Crippen MR) is 133 cm³/mol. The minimum atomic E-state index is -3.64. The minimum Gasteiger partial charge on any atom is -0.308 e. The van der Waals surface area contributed by atoms with Gasteiger partial charge in [0.1, 0.15) is 11.3 Å². The van der Waals surface area contributed by atoms with Crippen LogP contribution in [0, 0.1) is 17.6 Å². The van der Waals surface area contributed by atoms with E-state index in [1.165, 1.54) is 39.5 Å². The monoisotopic (exact) mass is 522 g/mol. The first-order valence-electron chi connectivity index (χ1n) is 11.4. The highest BCUT2D eigenvalue weighted by atomic mass is 32.2. The van der Waals surface area contributed by atoms with E-state index in [-0.39, 0.29) is 27.7 Å². The molecule has 0 aliphatic carbocycles. The molecule has 188 valence electrons. The van der Waals surface area contributed by atoms with Crippen molar-refractivity contribution in [3.05, 3.63) is 53.6 Å². The quantitative estimate of drug-likeness (QED) is 0.465. The number of aromatic nitrogens is 1. The van der Waals surface area contributed by atoms with Crippen LogP contribution in [0.3, 0.4) is 0 Å². The first kappa shape index (κ1) is 25.6. The SMILES string of the molecule is CC1CCCN(S(=O)(=O)c2ccc(C(=O)N(CCN(C)C)c3nc4c(F)cc(F)cc4s3)cc2)C1. The molecule has 1 aliphatic rings. The number of anilines is 1. The minimum absolute atomic E-state index is 0.00579. The molecule has 35 heavy (non-hydrogen) atoms. The number of sulfonamides is 1. The molecule has 1 fully saturated rings. The number of hydrogen-bond acceptors (Lipinski definition) is 6. The predicted octanol–water partition coefficient (Wildman–Crippen LogP) is 4.20. The summed E-state index contributed by atoms with van der Waals surface area (Å²) < 4.78 is 55.8. The number of fused-ring (bicyclic) bond motifs is 1. The largest absolute Gasteiger partial charge is 0.308 e. The van der Waals surface area contributed by atoms with Crippen molar-refractivity contribution in [3.8, 4) is 0 Å². The summed E-state index contributed by atoms with van der Waals surface area (Å²) in [5.41, 5.74) is 0.284. The van der Waals surface area contributed by atoms with Crippen molar-refractivity contribution in [2.75, 3.05) is 45.2 Å². The number of piperidine rings is 1. The maximum atomic E-state index is 14.2. The Bertz CT molecular complexity index is 1330. The van der Waals surface area contributed by atoms with Gasteiger partial charge < -0.3 is 4.90 Å². The molecule has 0 bridgehead atoms. The van der Waals surface area contributed by atoms with Crippen LogP contribution in [0.1, 0.15) is 30.1 Å². The molecule has 1 saturated heterocycles. The van der Waals surface area contributed by atoms with Crippen LogP contribution in [0.15, 0.2) is 41.3 Å². The third kappa shape index (κ3) is 5.53. The highest BCUT2D eigenvalue weighted by Gasteiger charge is 2.29. The number of nitrogens with zero attached hydrogens (tertiary/aromatic N) is 4. The van der Waals surface area contributed by atoms with Gasteiger partial charge in [-0.2, -0.15) is 4.31 Å². The van der Waals surface area contributed by atoms with Crippen molar-refractivity contribution in [3.63, 3.8) is 0 Å². The fraction of sp³-hybridized carbons (Fsp3) is 0.417. The van der Waals surface area contributed by atoms with Gasteiger partial charge in [-0.15, -0.1) is 0 Å². The van der Waals surface area contributed by atoms with Crippen molar-refractivity contribution < 1.29 is 22.0 Å². The summed E-state index contributed by atoms with van der Waals surface area (Å²) >= 11 is 1.03. The molecule has 0 saturated carbocycles. The van der Waals surface area contributed by atoms with Crippen LogP contribution in [0.25, 0.3) is 10.2 Å². The smallest absolute Gasteiger partial charge is 0.260 e. The first-order chi connectivity index (χ1) is 16.6. The van der Waals surface area contributed by atoms with Crippen LogP contribution in [-0.4, -0.2) is 68.8 Å². The Hall–Kier alpha value is -2.47. The van der Waals surface area contributed by atoms with Crippen LogP contribution in [0.5, 0.6) is 0 Å². The van der Waals surface area contributed by atoms with Gasteiger partial charge in [-0.1, -0.05) is 18.3 Å². The summed E-state index contributed by atoms with van der Waals surface area (Å²) in [5, 5.41) is 0.246. The number of likely N-dealkylation sites (N-methyl/N-ethyl adjacent to an activating group) is 1. The Morgan fingerprint density at radius 2 is 1.89 bits per heavy atom. The second-order valence-corrected chi connectivity index (χ2v) is 12.1. The molecule has 4 rings (SSSR count). The molecular formula is C24H28F2N4O3S2. The molecule has 1 aromatic heterocycles. The van der Waals surface area contributed by atoms with E-state index in [1.54, 1.807) is 0 Å². The van der Waals surface area contributed by atoms with Crippen LogP contribution >= 0.6 is 11.3 Å². The molecule has 1 aliphatic heterocycles. The zero-order chi connectivity index (χ0) is 25.3. The molecule has 11 heteroatoms. The summed E-state index contributed by atoms with van der Waals surface area (Å²) in [6.07, 6.45) is 1.83. The second kappa shape index (κ2) is 10.3. The van der Waals surface area contributed by atoms with Crippen molar-refractivity contribution in [2.45, 2.75) is 24.7 Å². The molecule has 1 unspecified atom stereocenters. The number of rotatable bonds is 7. The molecule has 0 radical (unpaired) electrons. The van der Waals surface area contributed by atoms with Crippen molar-refractivity contribution in [2.24, 2.45) is 5.92 Å². The number of amides is 1. The number of benzene rings is 2. The summed E-state index contributed by atoms with van der Waals surface area (Å²) in [5.74, 6) is -1.60. The second-order valence-electron chi connectivity index (χ2n) is 9.13. The third-order valence-electron chi connectivity index (χ3n) is 6.01. The number of carbonyl (C=O) groups excluding carboxylic acids is 1. The Balaban J connectivity index is 1.63. The lowest BCUT2D eigenvalue weighted by molar-refractivity contribution is 0.0985. The van der Waals surface area contributed by atoms with E-state index < -0.39 is 27.6 Å². The van der Waals surface area contributed by atoms with Crippen LogP contribution in [0.2, 0.25) is 0 Å². The van der Waals surface area contributed by atoms with Crippen LogP contribution < -0.4 is 4.90 Å². The average Bonchev–Trinajstić information content (AvgIpc) is 3.23. The number of halogens is 2. The van der Waals surface area contributed by atoms with Gasteiger partial charge in [0.25, 0.3) is 5.91 Å². The molecule has 0 N–H and O–H groups in total. The van der Waals surface area contributed by atoms with Gasteiger partial charge in [0.15, 0.2) is 10.9 Å². The highest BCUT2D eigenvalue weighted by Crippen LogP contribution is 2.32. The lowest BCUT2D eigenvalue weighted by Gasteiger charge is -2.30. The molecule has 1 atom stereocenters. The number of carbonyl (C=O) groups is 1. The van der Waals surface area contributed by atoms with Gasteiger partial charge in [-0.25, -0.2) is 22.2 Å². The maximum Gasteiger partial charge on any atom is 0.260 e. The summed E-state index contributed by atoms with van der Waals surface area (Å²) in [6, 6.07) is 7.81. The van der Waals surface area contributed by atoms with E-state index in [0.717, 1.165) is 30.2 Å². The van der Waals surface area contributed by atoms with Gasteiger partial charge in [0.2, 0.25) is 10.0 Å². The van der Waals surface area contributed by atoms with Crippen molar-refractivity contribution in [1.82, 2.24) is 14.2 Å². The van der Waals surface area contributed by atoms with E-state index in [4.69, 9.17) is 0 Å². The molecule has 7 nitrogen and oxygen atoms in total. The first-order valence-corrected chi connectivity index (χ1v) is 13.6. The van der Waals surface area contributed by atoms with Crippen molar-refractivity contribution in [1.29, 1.82) is 0 Å². The van der Waals surface area contributed by atoms with Gasteiger partial charge >= 0.3 is 0 Å². The molecule has 0 spiro atoms. The van der Waals surface area contributed by atoms with Crippen molar-refractivity contribution >= 4 is 42.6 Å². The molecule has 2 aromatic carbocycles. The van der Waals surface area contributed by atoms with Gasteiger partial charge in [0, 0.05) is 37.8 Å². The highest BCUT2D eigenvalue weighted by molar-refractivity contribution is 7.89. The molecule has 1 amide bonds. The van der Waals surface area contributed by atoms with Gasteiger partial charge in [0.05, 0.1) is 9.60 Å². The standard InChI is InChI=1S/C24H28F2N4O3S2/c1-16-5-4-10-29(15-16)35(32,33)19-8-6-17(7-9-19)23(31)30(12-11-28(2)3)24-27-22-20(26)13-18(25)14-21(22)34-24/h6-9,13-14,16H,4-5,10-12,15H2,1-3H3. The third-order valence-corrected chi connectivity index (χ3v) is 8.91. The van der Waals surface area contributed by atoms with E-state index in [9.17, 15) is 22.0 Å². The van der Waals surface area contributed by atoms with Crippen LogP contribution in [-0.2, 0) is 10.0 Å². The van der Waals surface area contributed by atoms with E-state index in [1.807, 2.05) is 25.9 Å². The summed E-state index contributed by atoms with van der Waals surface area (Å²) in [4.78, 5) is 21.1. The fourth-order valence-electron chi connectivity index (χ4n) is 4.08. The normalized spacial score (nSPS) is 17.3. The average molecular weight is 523 g/mol. The van der Waals surface area contributed by atoms with Gasteiger partial charge in [-0.3, -0.25) is 9.69 Å². The van der Waals surface area contributed by atoms with E-state index >= 15 is 0 Å².